The van der Waals surface area contributed by atoms with Gasteiger partial charge in [0.2, 0.25) is 5.91 Å². The molecule has 110 valence electrons. The number of fused-ring (bicyclic) bond motifs is 1. The highest BCUT2D eigenvalue weighted by molar-refractivity contribution is 6.02. The van der Waals surface area contributed by atoms with Gasteiger partial charge in [-0.3, -0.25) is 4.79 Å². The Labute approximate surface area is 129 Å². The number of nitrogens with zero attached hydrogens (tertiary/aromatic N) is 1. The number of hydrogen-bond acceptors (Lipinski definition) is 1. The SMILES string of the molecule is O=C(Nc1cccc2c1ccn2Cc1ccccc1)C1CC1. The maximum absolute atomic E-state index is 12.0. The molecule has 0 saturated heterocycles. The van der Waals surface area contributed by atoms with Gasteiger partial charge in [0, 0.05) is 24.0 Å². The molecule has 0 aliphatic heterocycles. The quantitative estimate of drug-likeness (QED) is 0.773. The Bertz CT molecular complexity index is 816. The summed E-state index contributed by atoms with van der Waals surface area (Å²) in [6, 6.07) is 18.6. The number of amides is 1. The largest absolute Gasteiger partial charge is 0.343 e. The average molecular weight is 290 g/mol. The number of rotatable bonds is 4. The van der Waals surface area contributed by atoms with E-state index < -0.39 is 0 Å². The van der Waals surface area contributed by atoms with Crippen LogP contribution in [0.2, 0.25) is 0 Å². The van der Waals surface area contributed by atoms with Crippen LogP contribution in [0.5, 0.6) is 0 Å². The second kappa shape index (κ2) is 5.34. The van der Waals surface area contributed by atoms with Crippen molar-refractivity contribution < 1.29 is 4.79 Å². The van der Waals surface area contributed by atoms with Crippen molar-refractivity contribution in [3.8, 4) is 0 Å². The minimum absolute atomic E-state index is 0.156. The highest BCUT2D eigenvalue weighted by atomic mass is 16.2. The van der Waals surface area contributed by atoms with Gasteiger partial charge in [-0.2, -0.15) is 0 Å². The monoisotopic (exact) mass is 290 g/mol. The predicted octanol–water partition coefficient (Wildman–Crippen LogP) is 4.04. The number of aromatic nitrogens is 1. The third-order valence-corrected chi connectivity index (χ3v) is 4.22. The smallest absolute Gasteiger partial charge is 0.227 e. The fourth-order valence-corrected chi connectivity index (χ4v) is 2.83. The third-order valence-electron chi connectivity index (χ3n) is 4.22. The van der Waals surface area contributed by atoms with Crippen LogP contribution in [0.1, 0.15) is 18.4 Å². The minimum Gasteiger partial charge on any atom is -0.343 e. The Morgan fingerprint density at radius 3 is 2.64 bits per heavy atom. The Balaban J connectivity index is 1.65. The van der Waals surface area contributed by atoms with E-state index in [9.17, 15) is 4.79 Å². The molecule has 1 aliphatic rings. The molecule has 1 N–H and O–H groups in total. The van der Waals surface area contributed by atoms with Crippen LogP contribution in [-0.4, -0.2) is 10.5 Å². The molecule has 1 aliphatic carbocycles. The van der Waals surface area contributed by atoms with Gasteiger partial charge in [0.15, 0.2) is 0 Å². The number of carbonyl (C=O) groups is 1. The summed E-state index contributed by atoms with van der Waals surface area (Å²) in [4.78, 5) is 12.0. The third kappa shape index (κ3) is 2.50. The van der Waals surface area contributed by atoms with Crippen LogP contribution < -0.4 is 5.32 Å². The molecule has 2 aromatic carbocycles. The van der Waals surface area contributed by atoms with Gasteiger partial charge in [-0.25, -0.2) is 0 Å². The molecule has 3 aromatic rings. The van der Waals surface area contributed by atoms with Gasteiger partial charge in [-0.15, -0.1) is 0 Å². The lowest BCUT2D eigenvalue weighted by molar-refractivity contribution is -0.117. The topological polar surface area (TPSA) is 34.0 Å². The minimum atomic E-state index is 0.156. The lowest BCUT2D eigenvalue weighted by atomic mass is 10.2. The number of carbonyl (C=O) groups excluding carboxylic acids is 1. The highest BCUT2D eigenvalue weighted by Crippen LogP contribution is 2.32. The molecule has 0 bridgehead atoms. The fourth-order valence-electron chi connectivity index (χ4n) is 2.83. The van der Waals surface area contributed by atoms with Crippen molar-refractivity contribution in [1.29, 1.82) is 0 Å². The van der Waals surface area contributed by atoms with Gasteiger partial charge < -0.3 is 9.88 Å². The molecule has 0 radical (unpaired) electrons. The summed E-state index contributed by atoms with van der Waals surface area (Å²) < 4.78 is 2.22. The van der Waals surface area contributed by atoms with Crippen LogP contribution in [0.4, 0.5) is 5.69 Å². The van der Waals surface area contributed by atoms with Crippen LogP contribution in [-0.2, 0) is 11.3 Å². The van der Waals surface area contributed by atoms with E-state index in [0.717, 1.165) is 36.0 Å². The van der Waals surface area contributed by atoms with Crippen LogP contribution in [0.3, 0.4) is 0 Å². The zero-order chi connectivity index (χ0) is 14.9. The molecule has 22 heavy (non-hydrogen) atoms. The molecular weight excluding hydrogens is 272 g/mol. The van der Waals surface area contributed by atoms with E-state index in [0.29, 0.717) is 0 Å². The van der Waals surface area contributed by atoms with Crippen LogP contribution in [0, 0.1) is 5.92 Å². The van der Waals surface area contributed by atoms with Crippen LogP contribution in [0.15, 0.2) is 60.8 Å². The maximum atomic E-state index is 12.0. The standard InChI is InChI=1S/C19H18N2O/c22-19(15-9-10-15)20-17-7-4-8-18-16(17)11-12-21(18)13-14-5-2-1-3-6-14/h1-8,11-12,15H,9-10,13H2,(H,20,22). The Hall–Kier alpha value is -2.55. The Morgan fingerprint density at radius 2 is 1.86 bits per heavy atom. The zero-order valence-electron chi connectivity index (χ0n) is 12.3. The van der Waals surface area contributed by atoms with Crippen molar-refractivity contribution in [2.24, 2.45) is 5.92 Å². The molecule has 0 unspecified atom stereocenters. The number of anilines is 1. The summed E-state index contributed by atoms with van der Waals surface area (Å²) >= 11 is 0. The van der Waals surface area contributed by atoms with E-state index in [1.165, 1.54) is 5.56 Å². The predicted molar refractivity (Wildman–Crippen MR) is 88.8 cm³/mol. The molecule has 1 heterocycles. The Morgan fingerprint density at radius 1 is 1.05 bits per heavy atom. The molecule has 1 saturated carbocycles. The van der Waals surface area contributed by atoms with Crippen molar-refractivity contribution in [1.82, 2.24) is 4.57 Å². The van der Waals surface area contributed by atoms with Crippen molar-refractivity contribution in [3.05, 3.63) is 66.4 Å². The van der Waals surface area contributed by atoms with Gasteiger partial charge in [-0.1, -0.05) is 36.4 Å². The first-order chi connectivity index (χ1) is 10.8. The average Bonchev–Trinajstić information content (AvgIpc) is 3.32. The van der Waals surface area contributed by atoms with Gasteiger partial charge in [0.05, 0.1) is 11.2 Å². The lowest BCUT2D eigenvalue weighted by Crippen LogP contribution is -2.13. The molecule has 4 rings (SSSR count). The van der Waals surface area contributed by atoms with Crippen molar-refractivity contribution in [3.63, 3.8) is 0 Å². The normalized spacial score (nSPS) is 14.2. The highest BCUT2D eigenvalue weighted by Gasteiger charge is 2.29. The number of hydrogen-bond donors (Lipinski definition) is 1. The van der Waals surface area contributed by atoms with Crippen molar-refractivity contribution >= 4 is 22.5 Å². The number of benzene rings is 2. The summed E-state index contributed by atoms with van der Waals surface area (Å²) in [7, 11) is 0. The molecule has 1 amide bonds. The summed E-state index contributed by atoms with van der Waals surface area (Å²) in [5.74, 6) is 0.380. The zero-order valence-corrected chi connectivity index (χ0v) is 12.3. The lowest BCUT2D eigenvalue weighted by Gasteiger charge is -2.08. The maximum Gasteiger partial charge on any atom is 0.227 e. The first-order valence-corrected chi connectivity index (χ1v) is 7.74. The summed E-state index contributed by atoms with van der Waals surface area (Å²) in [5, 5.41) is 4.18. The van der Waals surface area contributed by atoms with Gasteiger partial charge in [0.25, 0.3) is 0 Å². The van der Waals surface area contributed by atoms with Crippen molar-refractivity contribution in [2.75, 3.05) is 5.32 Å². The molecular formula is C19H18N2O. The van der Waals surface area contributed by atoms with Gasteiger partial charge in [0.1, 0.15) is 0 Å². The summed E-state index contributed by atoms with van der Waals surface area (Å²) in [6.07, 6.45) is 4.14. The van der Waals surface area contributed by atoms with Gasteiger partial charge >= 0.3 is 0 Å². The summed E-state index contributed by atoms with van der Waals surface area (Å²) in [5.41, 5.74) is 3.34. The van der Waals surface area contributed by atoms with E-state index in [2.05, 4.69) is 52.5 Å². The van der Waals surface area contributed by atoms with Crippen molar-refractivity contribution in [2.45, 2.75) is 19.4 Å². The number of nitrogens with one attached hydrogen (secondary N) is 1. The van der Waals surface area contributed by atoms with E-state index in [1.807, 2.05) is 18.2 Å². The van der Waals surface area contributed by atoms with E-state index >= 15 is 0 Å². The van der Waals surface area contributed by atoms with E-state index in [4.69, 9.17) is 0 Å². The molecule has 0 spiro atoms. The van der Waals surface area contributed by atoms with Crippen LogP contribution >= 0.6 is 0 Å². The summed E-state index contributed by atoms with van der Waals surface area (Å²) in [6.45, 7) is 0.838. The van der Waals surface area contributed by atoms with E-state index in [1.54, 1.807) is 0 Å². The molecule has 1 aromatic heterocycles. The molecule has 0 atom stereocenters. The first-order valence-electron chi connectivity index (χ1n) is 7.74. The first kappa shape index (κ1) is 13.1. The second-order valence-electron chi connectivity index (χ2n) is 5.93. The second-order valence-corrected chi connectivity index (χ2v) is 5.93. The van der Waals surface area contributed by atoms with E-state index in [-0.39, 0.29) is 11.8 Å². The molecule has 3 heteroatoms. The fraction of sp³-hybridized carbons (Fsp3) is 0.211. The van der Waals surface area contributed by atoms with Crippen LogP contribution in [0.25, 0.3) is 10.9 Å². The van der Waals surface area contributed by atoms with Gasteiger partial charge in [-0.05, 0) is 36.6 Å². The molecule has 3 nitrogen and oxygen atoms in total. The molecule has 1 fully saturated rings. The Kier molecular flexibility index (Phi) is 3.19.